The van der Waals surface area contributed by atoms with Gasteiger partial charge in [0.2, 0.25) is 0 Å². The van der Waals surface area contributed by atoms with E-state index in [1.807, 2.05) is 12.1 Å². The van der Waals surface area contributed by atoms with Gasteiger partial charge >= 0.3 is 0 Å². The highest BCUT2D eigenvalue weighted by molar-refractivity contribution is 5.46. The highest BCUT2D eigenvalue weighted by Gasteiger charge is 2.38. The zero-order chi connectivity index (χ0) is 18.1. The molecule has 0 aromatic heterocycles. The molecule has 4 nitrogen and oxygen atoms in total. The summed E-state index contributed by atoms with van der Waals surface area (Å²) in [5, 5.41) is 9.21. The van der Waals surface area contributed by atoms with E-state index in [1.54, 1.807) is 0 Å². The average Bonchev–Trinajstić information content (AvgIpc) is 3.10. The lowest BCUT2D eigenvalue weighted by Gasteiger charge is -2.33. The van der Waals surface area contributed by atoms with Crippen molar-refractivity contribution in [3.63, 3.8) is 0 Å². The van der Waals surface area contributed by atoms with Gasteiger partial charge in [0.25, 0.3) is 0 Å². The van der Waals surface area contributed by atoms with E-state index in [-0.39, 0.29) is 0 Å². The van der Waals surface area contributed by atoms with E-state index in [2.05, 4.69) is 36.0 Å². The number of nitriles is 1. The Morgan fingerprint density at radius 1 is 1.19 bits per heavy atom. The third-order valence-corrected chi connectivity index (χ3v) is 6.91. The molecule has 140 valence electrons. The number of hydrogen-bond acceptors (Lipinski definition) is 4. The Bertz CT molecular complexity index is 672. The van der Waals surface area contributed by atoms with Crippen LogP contribution in [0.25, 0.3) is 0 Å². The number of nitrogens with zero attached hydrogens (tertiary/aromatic N) is 3. The van der Waals surface area contributed by atoms with Crippen LogP contribution in [-0.4, -0.2) is 56.2 Å². The average molecular weight is 354 g/mol. The van der Waals surface area contributed by atoms with Gasteiger partial charge in [-0.05, 0) is 76.9 Å². The molecule has 0 unspecified atom stereocenters. The Balaban J connectivity index is 1.32. The molecule has 2 aliphatic heterocycles. The molecule has 26 heavy (non-hydrogen) atoms. The molecule has 4 rings (SSSR count). The molecule has 0 amide bonds. The summed E-state index contributed by atoms with van der Waals surface area (Å²) in [5.74, 6) is 3.02. The predicted molar refractivity (Wildman–Crippen MR) is 103 cm³/mol. The first-order valence-corrected chi connectivity index (χ1v) is 10.2. The summed E-state index contributed by atoms with van der Waals surface area (Å²) in [7, 11) is 4.43. The van der Waals surface area contributed by atoms with Gasteiger partial charge in [-0.15, -0.1) is 0 Å². The molecule has 0 bridgehead atoms. The van der Waals surface area contributed by atoms with Crippen molar-refractivity contribution >= 4 is 0 Å². The monoisotopic (exact) mass is 353 g/mol. The lowest BCUT2D eigenvalue weighted by molar-refractivity contribution is 0.176. The summed E-state index contributed by atoms with van der Waals surface area (Å²) in [6.07, 6.45) is 6.84. The lowest BCUT2D eigenvalue weighted by atomic mass is 9.83. The van der Waals surface area contributed by atoms with Crippen LogP contribution in [0.2, 0.25) is 0 Å². The number of hydrogen-bond donors (Lipinski definition) is 0. The van der Waals surface area contributed by atoms with Crippen LogP contribution in [0.1, 0.15) is 49.1 Å². The van der Waals surface area contributed by atoms with Crippen LogP contribution in [0.5, 0.6) is 5.75 Å². The van der Waals surface area contributed by atoms with Gasteiger partial charge in [0, 0.05) is 36.5 Å². The minimum atomic E-state index is 0.538. The molecule has 2 atom stereocenters. The Hall–Kier alpha value is -1.57. The van der Waals surface area contributed by atoms with E-state index < -0.39 is 0 Å². The van der Waals surface area contributed by atoms with E-state index in [0.717, 1.165) is 43.0 Å². The van der Waals surface area contributed by atoms with Crippen LogP contribution >= 0.6 is 0 Å². The SMILES string of the molecule is CN(C)[C@H]1CC[C@H](CCN2C[C@H]3COc4ccc(C#N)cc4[C@@H]3C2)CC1. The van der Waals surface area contributed by atoms with Crippen molar-refractivity contribution in [1.29, 1.82) is 5.26 Å². The van der Waals surface area contributed by atoms with Crippen molar-refractivity contribution in [2.75, 3.05) is 40.3 Å². The molecule has 2 heterocycles. The molecule has 1 saturated heterocycles. The Morgan fingerprint density at radius 3 is 2.73 bits per heavy atom. The summed E-state index contributed by atoms with van der Waals surface area (Å²) >= 11 is 0. The number of rotatable bonds is 4. The van der Waals surface area contributed by atoms with Crippen LogP contribution in [0.15, 0.2) is 18.2 Å². The number of likely N-dealkylation sites (tertiary alicyclic amines) is 1. The minimum absolute atomic E-state index is 0.538. The summed E-state index contributed by atoms with van der Waals surface area (Å²) < 4.78 is 5.97. The molecule has 0 spiro atoms. The van der Waals surface area contributed by atoms with Gasteiger partial charge < -0.3 is 14.5 Å². The third-order valence-electron chi connectivity index (χ3n) is 6.91. The molecule has 1 aromatic rings. The van der Waals surface area contributed by atoms with Gasteiger partial charge in [-0.3, -0.25) is 0 Å². The molecular formula is C22H31N3O. The molecule has 1 aliphatic carbocycles. The Morgan fingerprint density at radius 2 is 2.00 bits per heavy atom. The van der Waals surface area contributed by atoms with Crippen molar-refractivity contribution < 1.29 is 4.74 Å². The molecule has 3 aliphatic rings. The van der Waals surface area contributed by atoms with Crippen molar-refractivity contribution in [3.05, 3.63) is 29.3 Å². The van der Waals surface area contributed by atoms with Crippen LogP contribution in [-0.2, 0) is 0 Å². The maximum absolute atomic E-state index is 9.21. The first kappa shape index (κ1) is 17.8. The standard InChI is InChI=1S/C22H31N3O/c1-24(2)19-6-3-16(4-7-19)9-10-25-13-18-15-26-22-8-5-17(12-23)11-20(22)21(18)14-25/h5,8,11,16,18-19,21H,3-4,6-7,9-10,13-15H2,1-2H3/t16-,18-,19-,21+/m0/s1. The van der Waals surface area contributed by atoms with Crippen molar-refractivity contribution in [3.8, 4) is 11.8 Å². The molecule has 0 radical (unpaired) electrons. The van der Waals surface area contributed by atoms with E-state index in [1.165, 1.54) is 44.2 Å². The van der Waals surface area contributed by atoms with Gasteiger partial charge in [0.1, 0.15) is 5.75 Å². The molecule has 0 N–H and O–H groups in total. The number of benzene rings is 1. The predicted octanol–water partition coefficient (Wildman–Crippen LogP) is 3.48. The molecular weight excluding hydrogens is 322 g/mol. The summed E-state index contributed by atoms with van der Waals surface area (Å²) in [6.45, 7) is 4.32. The molecule has 4 heteroatoms. The first-order chi connectivity index (χ1) is 12.6. The van der Waals surface area contributed by atoms with Gasteiger partial charge in [-0.25, -0.2) is 0 Å². The van der Waals surface area contributed by atoms with Gasteiger partial charge in [-0.2, -0.15) is 5.26 Å². The van der Waals surface area contributed by atoms with Crippen LogP contribution in [0.3, 0.4) is 0 Å². The fraction of sp³-hybridized carbons (Fsp3) is 0.682. The zero-order valence-corrected chi connectivity index (χ0v) is 16.2. The van der Waals surface area contributed by atoms with Crippen molar-refractivity contribution in [2.24, 2.45) is 11.8 Å². The normalized spacial score (nSPS) is 31.2. The van der Waals surface area contributed by atoms with Crippen LogP contribution < -0.4 is 4.74 Å². The topological polar surface area (TPSA) is 39.5 Å². The zero-order valence-electron chi connectivity index (χ0n) is 16.2. The second kappa shape index (κ2) is 7.58. The summed E-state index contributed by atoms with van der Waals surface area (Å²) in [5.41, 5.74) is 2.01. The smallest absolute Gasteiger partial charge is 0.122 e. The lowest BCUT2D eigenvalue weighted by Crippen LogP contribution is -2.33. The quantitative estimate of drug-likeness (QED) is 0.831. The van der Waals surface area contributed by atoms with Gasteiger partial charge in [-0.1, -0.05) is 0 Å². The van der Waals surface area contributed by atoms with Crippen molar-refractivity contribution in [1.82, 2.24) is 9.80 Å². The highest BCUT2D eigenvalue weighted by atomic mass is 16.5. The summed E-state index contributed by atoms with van der Waals surface area (Å²) in [4.78, 5) is 5.04. The molecule has 2 fully saturated rings. The number of fused-ring (bicyclic) bond motifs is 3. The largest absolute Gasteiger partial charge is 0.493 e. The third kappa shape index (κ3) is 3.61. The Labute approximate surface area is 157 Å². The van der Waals surface area contributed by atoms with E-state index >= 15 is 0 Å². The van der Waals surface area contributed by atoms with Gasteiger partial charge in [0.15, 0.2) is 0 Å². The first-order valence-electron chi connectivity index (χ1n) is 10.2. The van der Waals surface area contributed by atoms with Gasteiger partial charge in [0.05, 0.1) is 18.2 Å². The highest BCUT2D eigenvalue weighted by Crippen LogP contribution is 2.42. The molecule has 1 aromatic carbocycles. The second-order valence-electron chi connectivity index (χ2n) is 8.73. The van der Waals surface area contributed by atoms with E-state index in [9.17, 15) is 5.26 Å². The fourth-order valence-corrected chi connectivity index (χ4v) is 5.22. The summed E-state index contributed by atoms with van der Waals surface area (Å²) in [6, 6.07) is 8.98. The van der Waals surface area contributed by atoms with Crippen LogP contribution in [0, 0.1) is 23.2 Å². The fourth-order valence-electron chi connectivity index (χ4n) is 5.22. The maximum atomic E-state index is 9.21. The number of ether oxygens (including phenoxy) is 1. The maximum Gasteiger partial charge on any atom is 0.122 e. The van der Waals surface area contributed by atoms with Crippen molar-refractivity contribution in [2.45, 2.75) is 44.1 Å². The van der Waals surface area contributed by atoms with E-state index in [4.69, 9.17) is 4.74 Å². The Kier molecular flexibility index (Phi) is 5.20. The van der Waals surface area contributed by atoms with E-state index in [0.29, 0.717) is 11.8 Å². The van der Waals surface area contributed by atoms with Crippen LogP contribution in [0.4, 0.5) is 0 Å². The molecule has 1 saturated carbocycles. The second-order valence-corrected chi connectivity index (χ2v) is 8.73. The minimum Gasteiger partial charge on any atom is -0.493 e.